The molecule has 1 aliphatic carbocycles. The summed E-state index contributed by atoms with van der Waals surface area (Å²) in [5, 5.41) is 0. The number of benzene rings is 1. The van der Waals surface area contributed by atoms with Gasteiger partial charge in [-0.1, -0.05) is 18.9 Å². The predicted molar refractivity (Wildman–Crippen MR) is 84.8 cm³/mol. The fourth-order valence-corrected chi connectivity index (χ4v) is 4.36. The minimum atomic E-state index is -0.149. The van der Waals surface area contributed by atoms with Crippen LogP contribution in [0.5, 0.6) is 0 Å². The molecule has 1 aromatic carbocycles. The quantitative estimate of drug-likeness (QED) is 0.920. The van der Waals surface area contributed by atoms with Crippen molar-refractivity contribution in [2.45, 2.75) is 63.5 Å². The molecule has 0 amide bonds. The molecule has 3 heteroatoms. The zero-order valence-electron chi connectivity index (χ0n) is 13.1. The minimum Gasteiger partial charge on any atom is -0.326 e. The summed E-state index contributed by atoms with van der Waals surface area (Å²) in [6, 6.07) is 5.19. The molecule has 2 nitrogen and oxygen atoms in total. The van der Waals surface area contributed by atoms with Crippen LogP contribution in [0.1, 0.15) is 49.7 Å². The minimum absolute atomic E-state index is 0.110. The Kier molecular flexibility index (Phi) is 4.32. The van der Waals surface area contributed by atoms with Crippen LogP contribution in [0.2, 0.25) is 0 Å². The highest BCUT2D eigenvalue weighted by atomic mass is 19.1. The van der Waals surface area contributed by atoms with Gasteiger partial charge in [0.25, 0.3) is 0 Å². The second-order valence-corrected chi connectivity index (χ2v) is 6.89. The van der Waals surface area contributed by atoms with E-state index in [1.54, 1.807) is 6.07 Å². The Bertz CT molecular complexity index is 488. The van der Waals surface area contributed by atoms with Crippen LogP contribution in [0.15, 0.2) is 18.2 Å². The van der Waals surface area contributed by atoms with E-state index >= 15 is 0 Å². The number of hydrogen-bond donors (Lipinski definition) is 1. The molecule has 3 rings (SSSR count). The second kappa shape index (κ2) is 6.05. The van der Waals surface area contributed by atoms with E-state index in [1.807, 2.05) is 6.07 Å². The van der Waals surface area contributed by atoms with Crippen molar-refractivity contribution < 1.29 is 4.39 Å². The number of likely N-dealkylation sites (tertiary alicyclic amines) is 1. The van der Waals surface area contributed by atoms with Crippen LogP contribution in [-0.4, -0.2) is 29.6 Å². The third kappa shape index (κ3) is 2.86. The van der Waals surface area contributed by atoms with Crippen LogP contribution in [0.4, 0.5) is 4.39 Å². The van der Waals surface area contributed by atoms with Crippen LogP contribution in [-0.2, 0) is 6.42 Å². The molecule has 2 N–H and O–H groups in total. The summed E-state index contributed by atoms with van der Waals surface area (Å²) >= 11 is 0. The van der Waals surface area contributed by atoms with Crippen LogP contribution in [0.3, 0.4) is 0 Å². The Morgan fingerprint density at radius 1 is 1.19 bits per heavy atom. The van der Waals surface area contributed by atoms with E-state index in [2.05, 4.69) is 11.8 Å². The molecule has 0 radical (unpaired) electrons. The standard InChI is InChI=1S/C18H27FN2/c1-14-6-7-16(19)12-15(14)13-17(20)18(8-2-3-9-18)21-10-4-5-11-21/h6-7,12,17H,2-5,8-11,13,20H2,1H3. The molecular weight excluding hydrogens is 263 g/mol. The molecule has 21 heavy (non-hydrogen) atoms. The van der Waals surface area contributed by atoms with Crippen LogP contribution in [0.25, 0.3) is 0 Å². The highest BCUT2D eigenvalue weighted by Gasteiger charge is 2.45. The van der Waals surface area contributed by atoms with E-state index in [0.717, 1.165) is 17.5 Å². The van der Waals surface area contributed by atoms with Gasteiger partial charge in [0.15, 0.2) is 0 Å². The Morgan fingerprint density at radius 2 is 1.86 bits per heavy atom. The first kappa shape index (κ1) is 15.0. The molecule has 116 valence electrons. The highest BCUT2D eigenvalue weighted by molar-refractivity contribution is 5.28. The summed E-state index contributed by atoms with van der Waals surface area (Å²) in [6.45, 7) is 4.43. The zero-order valence-corrected chi connectivity index (χ0v) is 13.1. The van der Waals surface area contributed by atoms with Gasteiger partial charge in [-0.3, -0.25) is 4.90 Å². The predicted octanol–water partition coefficient (Wildman–Crippen LogP) is 3.41. The van der Waals surface area contributed by atoms with Gasteiger partial charge in [-0.15, -0.1) is 0 Å². The molecule has 1 saturated carbocycles. The molecule has 0 bridgehead atoms. The average Bonchev–Trinajstić information content (AvgIpc) is 3.13. The zero-order chi connectivity index (χ0) is 14.9. The van der Waals surface area contributed by atoms with E-state index in [0.29, 0.717) is 0 Å². The van der Waals surface area contributed by atoms with Gasteiger partial charge < -0.3 is 5.73 Å². The van der Waals surface area contributed by atoms with Crippen LogP contribution >= 0.6 is 0 Å². The lowest BCUT2D eigenvalue weighted by Gasteiger charge is -2.44. The van der Waals surface area contributed by atoms with E-state index in [9.17, 15) is 4.39 Å². The summed E-state index contributed by atoms with van der Waals surface area (Å²) in [5.74, 6) is -0.149. The van der Waals surface area contributed by atoms with Gasteiger partial charge in [0.05, 0.1) is 0 Å². The molecule has 1 atom stereocenters. The highest BCUT2D eigenvalue weighted by Crippen LogP contribution is 2.40. The Labute approximate surface area is 127 Å². The van der Waals surface area contributed by atoms with E-state index in [1.165, 1.54) is 57.7 Å². The van der Waals surface area contributed by atoms with Crippen LogP contribution in [0, 0.1) is 12.7 Å². The maximum Gasteiger partial charge on any atom is 0.123 e. The van der Waals surface area contributed by atoms with E-state index in [4.69, 9.17) is 5.73 Å². The van der Waals surface area contributed by atoms with Crippen molar-refractivity contribution in [2.75, 3.05) is 13.1 Å². The van der Waals surface area contributed by atoms with Crippen molar-refractivity contribution in [2.24, 2.45) is 5.73 Å². The maximum absolute atomic E-state index is 13.5. The number of aryl methyl sites for hydroxylation is 1. The van der Waals surface area contributed by atoms with Gasteiger partial charge in [0.1, 0.15) is 5.82 Å². The Balaban J connectivity index is 1.81. The summed E-state index contributed by atoms with van der Waals surface area (Å²) in [5.41, 5.74) is 9.07. The number of hydrogen-bond acceptors (Lipinski definition) is 2. The van der Waals surface area contributed by atoms with Crippen molar-refractivity contribution >= 4 is 0 Å². The fraction of sp³-hybridized carbons (Fsp3) is 0.667. The first-order valence-electron chi connectivity index (χ1n) is 8.37. The number of nitrogens with two attached hydrogens (primary N) is 1. The molecule has 1 unspecified atom stereocenters. The summed E-state index contributed by atoms with van der Waals surface area (Å²) in [4.78, 5) is 2.64. The molecule has 2 fully saturated rings. The van der Waals surface area contributed by atoms with E-state index in [-0.39, 0.29) is 17.4 Å². The molecule has 0 spiro atoms. The molecular formula is C18H27FN2. The Hall–Kier alpha value is -0.930. The molecule has 1 saturated heterocycles. The lowest BCUT2D eigenvalue weighted by atomic mass is 9.82. The summed E-state index contributed by atoms with van der Waals surface area (Å²) in [6.07, 6.45) is 8.38. The van der Waals surface area contributed by atoms with Crippen LogP contribution < -0.4 is 5.73 Å². The largest absolute Gasteiger partial charge is 0.326 e. The molecule has 2 aliphatic rings. The SMILES string of the molecule is Cc1ccc(F)cc1CC(N)C1(N2CCCC2)CCCC1. The van der Waals surface area contributed by atoms with Gasteiger partial charge >= 0.3 is 0 Å². The third-order valence-electron chi connectivity index (χ3n) is 5.65. The smallest absolute Gasteiger partial charge is 0.123 e. The van der Waals surface area contributed by atoms with Crippen molar-refractivity contribution in [3.8, 4) is 0 Å². The lowest BCUT2D eigenvalue weighted by Crippen LogP contribution is -2.58. The van der Waals surface area contributed by atoms with Crippen molar-refractivity contribution in [1.29, 1.82) is 0 Å². The van der Waals surface area contributed by atoms with Gasteiger partial charge in [-0.2, -0.15) is 0 Å². The van der Waals surface area contributed by atoms with Crippen molar-refractivity contribution in [3.63, 3.8) is 0 Å². The number of halogens is 1. The second-order valence-electron chi connectivity index (χ2n) is 6.89. The lowest BCUT2D eigenvalue weighted by molar-refractivity contribution is 0.0921. The number of rotatable bonds is 4. The summed E-state index contributed by atoms with van der Waals surface area (Å²) in [7, 11) is 0. The molecule has 1 aromatic rings. The maximum atomic E-state index is 13.5. The van der Waals surface area contributed by atoms with Crippen molar-refractivity contribution in [1.82, 2.24) is 4.90 Å². The van der Waals surface area contributed by atoms with Gasteiger partial charge in [-0.25, -0.2) is 4.39 Å². The van der Waals surface area contributed by atoms with Gasteiger partial charge in [-0.05, 0) is 75.4 Å². The first-order chi connectivity index (χ1) is 10.1. The van der Waals surface area contributed by atoms with E-state index < -0.39 is 0 Å². The third-order valence-corrected chi connectivity index (χ3v) is 5.65. The first-order valence-corrected chi connectivity index (χ1v) is 8.37. The van der Waals surface area contributed by atoms with Gasteiger partial charge in [0, 0.05) is 11.6 Å². The normalized spacial score (nSPS) is 23.6. The Morgan fingerprint density at radius 3 is 2.52 bits per heavy atom. The van der Waals surface area contributed by atoms with Crippen molar-refractivity contribution in [3.05, 3.63) is 35.1 Å². The topological polar surface area (TPSA) is 29.3 Å². The number of nitrogens with zero attached hydrogens (tertiary/aromatic N) is 1. The molecule has 1 heterocycles. The fourth-order valence-electron chi connectivity index (χ4n) is 4.36. The monoisotopic (exact) mass is 290 g/mol. The molecule has 1 aliphatic heterocycles. The summed E-state index contributed by atoms with van der Waals surface area (Å²) < 4.78 is 13.5. The van der Waals surface area contributed by atoms with Gasteiger partial charge in [0.2, 0.25) is 0 Å². The molecule has 0 aromatic heterocycles. The average molecular weight is 290 g/mol.